The quantitative estimate of drug-likeness (QED) is 0.454. The van der Waals surface area contributed by atoms with Crippen LogP contribution in [-0.4, -0.2) is 34.5 Å². The number of thioether (sulfide) groups is 1. The van der Waals surface area contributed by atoms with E-state index < -0.39 is 0 Å². The lowest BCUT2D eigenvalue weighted by atomic mass is 10.1. The average molecular weight is 144 g/mol. The lowest BCUT2D eigenvalue weighted by Gasteiger charge is -2.39. The highest BCUT2D eigenvalue weighted by molar-refractivity contribution is 8.00. The van der Waals surface area contributed by atoms with Crippen molar-refractivity contribution in [1.29, 1.82) is 0 Å². The van der Waals surface area contributed by atoms with Gasteiger partial charge in [-0.05, 0) is 0 Å². The van der Waals surface area contributed by atoms with Gasteiger partial charge in [-0.2, -0.15) is 0 Å². The van der Waals surface area contributed by atoms with Gasteiger partial charge in [0, 0.05) is 12.3 Å². The number of rotatable bonds is 0. The molecule has 2 fully saturated rings. The van der Waals surface area contributed by atoms with Crippen LogP contribution in [0.25, 0.3) is 0 Å². The zero-order valence-electron chi connectivity index (χ0n) is 4.91. The van der Waals surface area contributed by atoms with E-state index in [1.54, 1.807) is 11.8 Å². The minimum Gasteiger partial charge on any atom is -0.326 e. The summed E-state index contributed by atoms with van der Waals surface area (Å²) < 4.78 is 0. The molecule has 2 aliphatic heterocycles. The maximum Gasteiger partial charge on any atom is 0.243 e. The number of carbonyl (C=O) groups excluding carboxylic acids is 1. The van der Waals surface area contributed by atoms with Gasteiger partial charge in [0.15, 0.2) is 0 Å². The number of amides is 1. The lowest BCUT2D eigenvalue weighted by molar-refractivity contribution is -0.142. The predicted molar refractivity (Wildman–Crippen MR) is 35.9 cm³/mol. The van der Waals surface area contributed by atoms with E-state index in [2.05, 4.69) is 0 Å². The Bertz CT molecular complexity index is 161. The Hall–Kier alpha value is -0.220. The molecule has 0 bridgehead atoms. The molecule has 0 aromatic rings. The molecule has 0 radical (unpaired) electrons. The molecule has 4 heteroatoms. The third kappa shape index (κ3) is 0.548. The Labute approximate surface area is 57.6 Å². The molecule has 0 saturated carbocycles. The number of carbonyl (C=O) groups is 1. The molecule has 3 nitrogen and oxygen atoms in total. The number of nitrogens with two attached hydrogens (primary N) is 1. The second-order valence-electron chi connectivity index (χ2n) is 2.32. The first kappa shape index (κ1) is 5.56. The van der Waals surface area contributed by atoms with Gasteiger partial charge in [0.1, 0.15) is 11.4 Å². The van der Waals surface area contributed by atoms with Crippen molar-refractivity contribution in [2.75, 3.05) is 12.3 Å². The van der Waals surface area contributed by atoms with E-state index in [1.807, 2.05) is 4.90 Å². The Morgan fingerprint density at radius 2 is 2.56 bits per heavy atom. The summed E-state index contributed by atoms with van der Waals surface area (Å²) >= 11 is 1.78. The number of fused-ring (bicyclic) bond motifs is 1. The third-order valence-electron chi connectivity index (χ3n) is 1.80. The SMILES string of the molecule is NC1C(=O)N2CCS[C@@H]12. The summed E-state index contributed by atoms with van der Waals surface area (Å²) in [6.45, 7) is 0.905. The van der Waals surface area contributed by atoms with E-state index in [9.17, 15) is 4.79 Å². The number of nitrogens with zero attached hydrogens (tertiary/aromatic N) is 1. The molecule has 2 saturated heterocycles. The van der Waals surface area contributed by atoms with Crippen molar-refractivity contribution in [1.82, 2.24) is 4.90 Å². The van der Waals surface area contributed by atoms with Gasteiger partial charge >= 0.3 is 0 Å². The molecule has 50 valence electrons. The predicted octanol–water partition coefficient (Wildman–Crippen LogP) is -0.771. The Morgan fingerprint density at radius 3 is 3.22 bits per heavy atom. The summed E-state index contributed by atoms with van der Waals surface area (Å²) in [6.07, 6.45) is 0. The smallest absolute Gasteiger partial charge is 0.243 e. The molecule has 0 spiro atoms. The lowest BCUT2D eigenvalue weighted by Crippen LogP contribution is -2.64. The summed E-state index contributed by atoms with van der Waals surface area (Å²) in [7, 11) is 0. The van der Waals surface area contributed by atoms with Crippen LogP contribution in [0.2, 0.25) is 0 Å². The molecular formula is C5H8N2OS. The van der Waals surface area contributed by atoms with E-state index in [0.29, 0.717) is 5.37 Å². The van der Waals surface area contributed by atoms with E-state index in [1.165, 1.54) is 0 Å². The van der Waals surface area contributed by atoms with Crippen LogP contribution in [0.3, 0.4) is 0 Å². The molecule has 2 atom stereocenters. The van der Waals surface area contributed by atoms with Crippen LogP contribution in [-0.2, 0) is 4.79 Å². The molecule has 0 aliphatic carbocycles. The topological polar surface area (TPSA) is 46.3 Å². The molecule has 0 aromatic heterocycles. The highest BCUT2D eigenvalue weighted by Gasteiger charge is 2.47. The molecule has 2 heterocycles. The maximum absolute atomic E-state index is 10.8. The summed E-state index contributed by atoms with van der Waals surface area (Å²) in [5.74, 6) is 1.19. The van der Waals surface area contributed by atoms with Crippen LogP contribution in [0.1, 0.15) is 0 Å². The van der Waals surface area contributed by atoms with Gasteiger partial charge in [-0.15, -0.1) is 11.8 Å². The number of β-lactam (4-membered cyclic amide) rings is 1. The normalized spacial score (nSPS) is 40.6. The van der Waals surface area contributed by atoms with Crippen LogP contribution in [0.4, 0.5) is 0 Å². The molecule has 2 aliphatic rings. The van der Waals surface area contributed by atoms with Gasteiger partial charge in [-0.3, -0.25) is 4.79 Å². The maximum atomic E-state index is 10.8. The third-order valence-corrected chi connectivity index (χ3v) is 3.11. The Morgan fingerprint density at radius 1 is 1.78 bits per heavy atom. The minimum absolute atomic E-state index is 0.130. The number of hydrogen-bond donors (Lipinski definition) is 1. The van der Waals surface area contributed by atoms with Crippen LogP contribution in [0.5, 0.6) is 0 Å². The van der Waals surface area contributed by atoms with Gasteiger partial charge in [0.25, 0.3) is 0 Å². The van der Waals surface area contributed by atoms with Crippen LogP contribution < -0.4 is 5.73 Å². The fourth-order valence-electron chi connectivity index (χ4n) is 1.25. The monoisotopic (exact) mass is 144 g/mol. The van der Waals surface area contributed by atoms with Gasteiger partial charge in [-0.1, -0.05) is 0 Å². The molecule has 0 aromatic carbocycles. The molecule has 1 unspecified atom stereocenters. The highest BCUT2D eigenvalue weighted by atomic mass is 32.2. The van der Waals surface area contributed by atoms with Crippen LogP contribution in [0, 0.1) is 0 Å². The summed E-state index contributed by atoms with van der Waals surface area (Å²) in [4.78, 5) is 12.7. The summed E-state index contributed by atoms with van der Waals surface area (Å²) in [5.41, 5.74) is 5.50. The van der Waals surface area contributed by atoms with Crippen molar-refractivity contribution in [3.05, 3.63) is 0 Å². The van der Waals surface area contributed by atoms with Gasteiger partial charge in [0.05, 0.1) is 0 Å². The largest absolute Gasteiger partial charge is 0.326 e. The second kappa shape index (κ2) is 1.64. The number of hydrogen-bond acceptors (Lipinski definition) is 3. The van der Waals surface area contributed by atoms with E-state index in [0.717, 1.165) is 12.3 Å². The van der Waals surface area contributed by atoms with Gasteiger partial charge < -0.3 is 10.6 Å². The van der Waals surface area contributed by atoms with Crippen molar-refractivity contribution in [3.8, 4) is 0 Å². The summed E-state index contributed by atoms with van der Waals surface area (Å²) in [6, 6.07) is -0.197. The molecule has 2 rings (SSSR count). The second-order valence-corrected chi connectivity index (χ2v) is 3.54. The van der Waals surface area contributed by atoms with Crippen molar-refractivity contribution >= 4 is 17.7 Å². The summed E-state index contributed by atoms with van der Waals surface area (Å²) in [5, 5.41) is 0.317. The first-order valence-electron chi connectivity index (χ1n) is 2.98. The zero-order valence-corrected chi connectivity index (χ0v) is 5.73. The van der Waals surface area contributed by atoms with Crippen LogP contribution in [0.15, 0.2) is 0 Å². The first-order chi connectivity index (χ1) is 4.30. The fourth-order valence-corrected chi connectivity index (χ4v) is 2.51. The molecule has 2 N–H and O–H groups in total. The molecule has 9 heavy (non-hydrogen) atoms. The van der Waals surface area contributed by atoms with Gasteiger partial charge in [0.2, 0.25) is 5.91 Å². The van der Waals surface area contributed by atoms with Crippen molar-refractivity contribution in [3.63, 3.8) is 0 Å². The van der Waals surface area contributed by atoms with Crippen LogP contribution >= 0.6 is 11.8 Å². The van der Waals surface area contributed by atoms with E-state index >= 15 is 0 Å². The molecular weight excluding hydrogens is 136 g/mol. The average Bonchev–Trinajstić information content (AvgIpc) is 2.30. The fraction of sp³-hybridized carbons (Fsp3) is 0.800. The Kier molecular flexibility index (Phi) is 1.01. The van der Waals surface area contributed by atoms with Crippen molar-refractivity contribution in [2.45, 2.75) is 11.4 Å². The minimum atomic E-state index is -0.197. The van der Waals surface area contributed by atoms with E-state index in [4.69, 9.17) is 5.73 Å². The van der Waals surface area contributed by atoms with Crippen molar-refractivity contribution in [2.24, 2.45) is 5.73 Å². The van der Waals surface area contributed by atoms with Gasteiger partial charge in [-0.25, -0.2) is 0 Å². The zero-order chi connectivity index (χ0) is 6.43. The highest BCUT2D eigenvalue weighted by Crippen LogP contribution is 2.33. The van der Waals surface area contributed by atoms with Crippen molar-refractivity contribution < 1.29 is 4.79 Å². The standard InChI is InChI=1S/C5H8N2OS/c6-3-4(8)7-1-2-9-5(3)7/h3,5H,1-2,6H2/t3?,5-/m0/s1. The van der Waals surface area contributed by atoms with E-state index in [-0.39, 0.29) is 11.9 Å². The first-order valence-corrected chi connectivity index (χ1v) is 4.03. The molecule has 1 amide bonds. The Balaban J connectivity index is 2.14.